The SMILES string of the molecule is CN=C(NCCCn1cccn1)NCC(=O)NC1CCCCC1.I. The van der Waals surface area contributed by atoms with Crippen molar-refractivity contribution in [2.24, 2.45) is 4.99 Å². The van der Waals surface area contributed by atoms with Crippen molar-refractivity contribution in [3.05, 3.63) is 18.5 Å². The molecule has 1 saturated carbocycles. The molecule has 1 aromatic rings. The summed E-state index contributed by atoms with van der Waals surface area (Å²) in [6.07, 6.45) is 10.6. The molecule has 1 fully saturated rings. The molecule has 3 N–H and O–H groups in total. The van der Waals surface area contributed by atoms with Crippen molar-refractivity contribution in [1.29, 1.82) is 0 Å². The van der Waals surface area contributed by atoms with Crippen molar-refractivity contribution in [2.75, 3.05) is 20.1 Å². The Bertz CT molecular complexity index is 485. The highest BCUT2D eigenvalue weighted by Gasteiger charge is 2.15. The molecule has 1 heterocycles. The minimum atomic E-state index is 0. The van der Waals surface area contributed by atoms with Gasteiger partial charge in [-0.15, -0.1) is 24.0 Å². The Morgan fingerprint density at radius 2 is 2.08 bits per heavy atom. The van der Waals surface area contributed by atoms with Crippen LogP contribution in [0.3, 0.4) is 0 Å². The Morgan fingerprint density at radius 3 is 2.75 bits per heavy atom. The number of carbonyl (C=O) groups excluding carboxylic acids is 1. The Morgan fingerprint density at radius 1 is 1.29 bits per heavy atom. The van der Waals surface area contributed by atoms with Crippen LogP contribution in [0.1, 0.15) is 38.5 Å². The molecule has 24 heavy (non-hydrogen) atoms. The van der Waals surface area contributed by atoms with Gasteiger partial charge in [0.2, 0.25) is 5.91 Å². The van der Waals surface area contributed by atoms with Crippen LogP contribution in [0.4, 0.5) is 0 Å². The van der Waals surface area contributed by atoms with Gasteiger partial charge in [0, 0.05) is 38.6 Å². The summed E-state index contributed by atoms with van der Waals surface area (Å²) in [6.45, 7) is 1.90. The second-order valence-corrected chi connectivity index (χ2v) is 5.88. The summed E-state index contributed by atoms with van der Waals surface area (Å²) >= 11 is 0. The third kappa shape index (κ3) is 7.98. The average molecular weight is 448 g/mol. The molecule has 0 unspecified atom stereocenters. The number of aromatic nitrogens is 2. The number of nitrogens with zero attached hydrogens (tertiary/aromatic N) is 3. The summed E-state index contributed by atoms with van der Waals surface area (Å²) in [5.74, 6) is 0.695. The van der Waals surface area contributed by atoms with Gasteiger partial charge in [0.05, 0.1) is 6.54 Å². The molecule has 136 valence electrons. The quantitative estimate of drug-likeness (QED) is 0.256. The zero-order chi connectivity index (χ0) is 16.3. The van der Waals surface area contributed by atoms with E-state index < -0.39 is 0 Å². The summed E-state index contributed by atoms with van der Waals surface area (Å²) in [6, 6.07) is 2.26. The van der Waals surface area contributed by atoms with Crippen LogP contribution in [0.25, 0.3) is 0 Å². The van der Waals surface area contributed by atoms with Crippen LogP contribution in [0.2, 0.25) is 0 Å². The average Bonchev–Trinajstić information content (AvgIpc) is 3.08. The number of hydrogen-bond donors (Lipinski definition) is 3. The van der Waals surface area contributed by atoms with Gasteiger partial charge in [0.1, 0.15) is 0 Å². The van der Waals surface area contributed by atoms with Gasteiger partial charge in [-0.2, -0.15) is 5.10 Å². The number of amides is 1. The number of aliphatic imine (C=N–C) groups is 1. The van der Waals surface area contributed by atoms with Gasteiger partial charge in [-0.05, 0) is 25.3 Å². The Hall–Kier alpha value is -1.32. The fraction of sp³-hybridized carbons (Fsp3) is 0.688. The van der Waals surface area contributed by atoms with E-state index in [0.717, 1.165) is 32.4 Å². The lowest BCUT2D eigenvalue weighted by molar-refractivity contribution is -0.120. The number of halogens is 1. The third-order valence-corrected chi connectivity index (χ3v) is 4.03. The predicted octanol–water partition coefficient (Wildman–Crippen LogP) is 1.51. The molecule has 8 heteroatoms. The molecule has 0 bridgehead atoms. The summed E-state index contributed by atoms with van der Waals surface area (Å²) in [5.41, 5.74) is 0. The van der Waals surface area contributed by atoms with E-state index in [9.17, 15) is 4.79 Å². The first-order chi connectivity index (χ1) is 11.3. The van der Waals surface area contributed by atoms with Crippen LogP contribution >= 0.6 is 24.0 Å². The zero-order valence-corrected chi connectivity index (χ0v) is 16.7. The highest BCUT2D eigenvalue weighted by Crippen LogP contribution is 2.16. The molecule has 0 spiro atoms. The molecule has 1 aliphatic carbocycles. The van der Waals surface area contributed by atoms with Crippen LogP contribution in [-0.2, 0) is 11.3 Å². The highest BCUT2D eigenvalue weighted by atomic mass is 127. The van der Waals surface area contributed by atoms with E-state index in [1.807, 2.05) is 16.9 Å². The van der Waals surface area contributed by atoms with E-state index in [2.05, 4.69) is 26.0 Å². The minimum Gasteiger partial charge on any atom is -0.356 e. The van der Waals surface area contributed by atoms with Gasteiger partial charge >= 0.3 is 0 Å². The van der Waals surface area contributed by atoms with Gasteiger partial charge < -0.3 is 16.0 Å². The summed E-state index contributed by atoms with van der Waals surface area (Å²) in [4.78, 5) is 16.1. The van der Waals surface area contributed by atoms with Gasteiger partial charge in [-0.1, -0.05) is 19.3 Å². The first-order valence-corrected chi connectivity index (χ1v) is 8.49. The van der Waals surface area contributed by atoms with Gasteiger partial charge in [-0.25, -0.2) is 0 Å². The molecule has 1 aliphatic rings. The molecular formula is C16H29IN6O. The van der Waals surface area contributed by atoms with Crippen molar-refractivity contribution < 1.29 is 4.79 Å². The standard InChI is InChI=1S/C16H28N6O.HI/c1-17-16(18-9-5-11-22-12-6-10-20-22)19-13-15(23)21-14-7-3-2-4-8-14;/h6,10,12,14H,2-5,7-9,11,13H2,1H3,(H,21,23)(H2,17,18,19);1H. The zero-order valence-electron chi connectivity index (χ0n) is 14.3. The van der Waals surface area contributed by atoms with Gasteiger partial charge in [0.25, 0.3) is 0 Å². The summed E-state index contributed by atoms with van der Waals surface area (Å²) < 4.78 is 1.90. The molecule has 0 radical (unpaired) electrons. The largest absolute Gasteiger partial charge is 0.356 e. The first-order valence-electron chi connectivity index (χ1n) is 8.49. The lowest BCUT2D eigenvalue weighted by Gasteiger charge is -2.23. The lowest BCUT2D eigenvalue weighted by Crippen LogP contribution is -2.46. The smallest absolute Gasteiger partial charge is 0.239 e. The maximum atomic E-state index is 11.9. The number of hydrogen-bond acceptors (Lipinski definition) is 3. The monoisotopic (exact) mass is 448 g/mol. The second kappa shape index (κ2) is 12.1. The van der Waals surface area contributed by atoms with E-state index in [-0.39, 0.29) is 36.4 Å². The van der Waals surface area contributed by atoms with E-state index in [0.29, 0.717) is 12.0 Å². The Kier molecular flexibility index (Phi) is 10.4. The van der Waals surface area contributed by atoms with E-state index >= 15 is 0 Å². The Balaban J connectivity index is 0.00000288. The fourth-order valence-corrected chi connectivity index (χ4v) is 2.79. The van der Waals surface area contributed by atoms with Crippen LogP contribution < -0.4 is 16.0 Å². The number of aryl methyl sites for hydroxylation is 1. The molecule has 0 atom stereocenters. The second-order valence-electron chi connectivity index (χ2n) is 5.88. The van der Waals surface area contributed by atoms with E-state index in [1.165, 1.54) is 19.3 Å². The fourth-order valence-electron chi connectivity index (χ4n) is 2.79. The summed E-state index contributed by atoms with van der Waals surface area (Å²) in [7, 11) is 1.71. The third-order valence-electron chi connectivity index (χ3n) is 4.03. The molecule has 0 aromatic carbocycles. The topological polar surface area (TPSA) is 83.3 Å². The lowest BCUT2D eigenvalue weighted by atomic mass is 9.95. The highest BCUT2D eigenvalue weighted by molar-refractivity contribution is 14.0. The summed E-state index contributed by atoms with van der Waals surface area (Å²) in [5, 5.41) is 13.5. The van der Waals surface area contributed by atoms with E-state index in [1.54, 1.807) is 13.2 Å². The molecular weight excluding hydrogens is 419 g/mol. The van der Waals surface area contributed by atoms with Crippen molar-refractivity contribution >= 4 is 35.8 Å². The first kappa shape index (κ1) is 20.7. The van der Waals surface area contributed by atoms with Crippen LogP contribution in [0.5, 0.6) is 0 Å². The van der Waals surface area contributed by atoms with Crippen LogP contribution in [0.15, 0.2) is 23.5 Å². The molecule has 7 nitrogen and oxygen atoms in total. The van der Waals surface area contributed by atoms with Crippen molar-refractivity contribution in [2.45, 2.75) is 51.1 Å². The minimum absolute atomic E-state index is 0. The van der Waals surface area contributed by atoms with Gasteiger partial charge in [-0.3, -0.25) is 14.5 Å². The molecule has 2 rings (SSSR count). The Labute approximate surface area is 161 Å². The van der Waals surface area contributed by atoms with Crippen LogP contribution in [0, 0.1) is 0 Å². The number of guanidine groups is 1. The number of carbonyl (C=O) groups is 1. The molecule has 1 amide bonds. The van der Waals surface area contributed by atoms with Gasteiger partial charge in [0.15, 0.2) is 5.96 Å². The predicted molar refractivity (Wildman–Crippen MR) is 107 cm³/mol. The van der Waals surface area contributed by atoms with E-state index in [4.69, 9.17) is 0 Å². The molecule has 1 aromatic heterocycles. The maximum absolute atomic E-state index is 11.9. The van der Waals surface area contributed by atoms with Crippen molar-refractivity contribution in [3.8, 4) is 0 Å². The van der Waals surface area contributed by atoms with Crippen molar-refractivity contribution in [3.63, 3.8) is 0 Å². The molecule has 0 saturated heterocycles. The number of nitrogens with one attached hydrogen (secondary N) is 3. The van der Waals surface area contributed by atoms with Crippen molar-refractivity contribution in [1.82, 2.24) is 25.7 Å². The number of rotatable bonds is 7. The maximum Gasteiger partial charge on any atom is 0.239 e. The van der Waals surface area contributed by atoms with Crippen LogP contribution in [-0.4, -0.2) is 47.8 Å². The normalized spacial score (nSPS) is 15.5. The molecule has 0 aliphatic heterocycles.